The predicted octanol–water partition coefficient (Wildman–Crippen LogP) is 7.79. The first kappa shape index (κ1) is 19.6. The molecule has 0 aromatic heterocycles. The van der Waals surface area contributed by atoms with Crippen LogP contribution in [0.15, 0.2) is 30.4 Å². The molecule has 3 rings (SSSR count). The van der Waals surface area contributed by atoms with Crippen LogP contribution < -0.4 is 0 Å². The Kier molecular flexibility index (Phi) is 7.28. The molecule has 0 heterocycles. The summed E-state index contributed by atoms with van der Waals surface area (Å²) in [6, 6.07) is 4.46. The van der Waals surface area contributed by atoms with Crippen LogP contribution >= 0.6 is 0 Å². The molecule has 2 aliphatic carbocycles. The van der Waals surface area contributed by atoms with Crippen LogP contribution in [0, 0.1) is 29.4 Å². The summed E-state index contributed by atoms with van der Waals surface area (Å²) in [5.41, 5.74) is 0.987. The number of allylic oxidation sites excluding steroid dienone is 2. The maximum Gasteiger partial charge on any atom is 0.159 e. The molecule has 0 amide bonds. The lowest BCUT2D eigenvalue weighted by molar-refractivity contribution is 0.246. The molecular weight excluding hydrogens is 326 g/mol. The first-order valence-electron chi connectivity index (χ1n) is 10.8. The molecular formula is C24H34F2. The Hall–Kier alpha value is -1.18. The molecule has 0 unspecified atom stereocenters. The van der Waals surface area contributed by atoms with Crippen molar-refractivity contribution in [3.63, 3.8) is 0 Å². The van der Waals surface area contributed by atoms with Crippen molar-refractivity contribution in [3.05, 3.63) is 47.5 Å². The molecule has 144 valence electrons. The molecule has 0 bridgehead atoms. The SMILES string of the molecule is CCC=C[C@H]1CC[C@H](CC[C@H]2CC[C@H](c3ccc(F)c(F)c3)CC2)CC1. The van der Waals surface area contributed by atoms with Crippen LogP contribution in [0.2, 0.25) is 0 Å². The lowest BCUT2D eigenvalue weighted by atomic mass is 9.74. The van der Waals surface area contributed by atoms with Crippen molar-refractivity contribution in [2.45, 2.75) is 83.5 Å². The topological polar surface area (TPSA) is 0 Å². The first-order chi connectivity index (χ1) is 12.7. The molecule has 26 heavy (non-hydrogen) atoms. The Morgan fingerprint density at radius 2 is 1.46 bits per heavy atom. The van der Waals surface area contributed by atoms with Crippen molar-refractivity contribution >= 4 is 0 Å². The van der Waals surface area contributed by atoms with Gasteiger partial charge in [0.15, 0.2) is 11.6 Å². The van der Waals surface area contributed by atoms with Crippen molar-refractivity contribution in [2.75, 3.05) is 0 Å². The second-order valence-corrected chi connectivity index (χ2v) is 8.59. The van der Waals surface area contributed by atoms with Gasteiger partial charge >= 0.3 is 0 Å². The van der Waals surface area contributed by atoms with Gasteiger partial charge in [0, 0.05) is 0 Å². The van der Waals surface area contributed by atoms with E-state index < -0.39 is 11.6 Å². The zero-order valence-electron chi connectivity index (χ0n) is 16.2. The van der Waals surface area contributed by atoms with Crippen LogP contribution in [-0.4, -0.2) is 0 Å². The molecule has 2 aliphatic rings. The Bertz CT molecular complexity index is 576. The number of rotatable bonds is 6. The first-order valence-corrected chi connectivity index (χ1v) is 10.8. The van der Waals surface area contributed by atoms with E-state index in [1.807, 2.05) is 0 Å². The second-order valence-electron chi connectivity index (χ2n) is 8.59. The van der Waals surface area contributed by atoms with E-state index in [9.17, 15) is 8.78 Å². The molecule has 0 spiro atoms. The number of hydrogen-bond acceptors (Lipinski definition) is 0. The fourth-order valence-electron chi connectivity index (χ4n) is 5.02. The highest BCUT2D eigenvalue weighted by Crippen LogP contribution is 2.40. The van der Waals surface area contributed by atoms with E-state index in [-0.39, 0.29) is 0 Å². The van der Waals surface area contributed by atoms with Crippen molar-refractivity contribution < 1.29 is 8.78 Å². The lowest BCUT2D eigenvalue weighted by Crippen LogP contribution is -2.17. The molecule has 0 saturated heterocycles. The predicted molar refractivity (Wildman–Crippen MR) is 105 cm³/mol. The Morgan fingerprint density at radius 1 is 0.846 bits per heavy atom. The van der Waals surface area contributed by atoms with Crippen molar-refractivity contribution in [3.8, 4) is 0 Å². The summed E-state index contributed by atoms with van der Waals surface area (Å²) in [5, 5.41) is 0. The largest absolute Gasteiger partial charge is 0.204 e. The summed E-state index contributed by atoms with van der Waals surface area (Å²) in [6.07, 6.45) is 19.0. The van der Waals surface area contributed by atoms with E-state index in [1.54, 1.807) is 6.07 Å². The normalized spacial score (nSPS) is 30.0. The van der Waals surface area contributed by atoms with E-state index >= 15 is 0 Å². The Balaban J connectivity index is 1.37. The van der Waals surface area contributed by atoms with E-state index in [0.29, 0.717) is 5.92 Å². The van der Waals surface area contributed by atoms with Crippen molar-refractivity contribution in [2.24, 2.45) is 17.8 Å². The third-order valence-electron chi connectivity index (χ3n) is 6.78. The molecule has 2 saturated carbocycles. The van der Waals surface area contributed by atoms with Gasteiger partial charge in [0.1, 0.15) is 0 Å². The molecule has 0 radical (unpaired) electrons. The van der Waals surface area contributed by atoms with Gasteiger partial charge in [-0.05, 0) is 99.2 Å². The highest BCUT2D eigenvalue weighted by atomic mass is 19.2. The van der Waals surface area contributed by atoms with Crippen LogP contribution in [0.5, 0.6) is 0 Å². The lowest BCUT2D eigenvalue weighted by Gasteiger charge is -2.31. The van der Waals surface area contributed by atoms with Crippen LogP contribution in [0.1, 0.15) is 89.0 Å². The van der Waals surface area contributed by atoms with E-state index in [2.05, 4.69) is 19.1 Å². The molecule has 0 N–H and O–H groups in total. The highest BCUT2D eigenvalue weighted by Gasteiger charge is 2.25. The fraction of sp³-hybridized carbons (Fsp3) is 0.667. The average Bonchev–Trinajstić information content (AvgIpc) is 2.68. The minimum atomic E-state index is -0.734. The Morgan fingerprint density at radius 3 is 2.04 bits per heavy atom. The van der Waals surface area contributed by atoms with Crippen LogP contribution in [-0.2, 0) is 0 Å². The minimum absolute atomic E-state index is 0.419. The van der Waals surface area contributed by atoms with Gasteiger partial charge in [-0.3, -0.25) is 0 Å². The van der Waals surface area contributed by atoms with Gasteiger partial charge in [0.2, 0.25) is 0 Å². The number of benzene rings is 1. The Labute approximate surface area is 158 Å². The number of halogens is 2. The third-order valence-corrected chi connectivity index (χ3v) is 6.78. The minimum Gasteiger partial charge on any atom is -0.204 e. The third kappa shape index (κ3) is 5.41. The van der Waals surface area contributed by atoms with Gasteiger partial charge in [-0.15, -0.1) is 0 Å². The number of hydrogen-bond donors (Lipinski definition) is 0. The fourth-order valence-corrected chi connectivity index (χ4v) is 5.02. The van der Waals surface area contributed by atoms with Crippen LogP contribution in [0.3, 0.4) is 0 Å². The maximum absolute atomic E-state index is 13.5. The highest BCUT2D eigenvalue weighted by molar-refractivity contribution is 5.22. The average molecular weight is 361 g/mol. The quantitative estimate of drug-likeness (QED) is 0.454. The van der Waals surface area contributed by atoms with Crippen LogP contribution in [0.4, 0.5) is 8.78 Å². The standard InChI is InChI=1S/C24H34F2/c1-2-3-4-18-5-7-19(8-6-18)9-10-20-11-13-21(14-12-20)22-15-16-23(25)24(26)17-22/h3-4,15-21H,2,5-14H2,1H3/t18-,19-,20-,21-. The molecule has 2 fully saturated rings. The summed E-state index contributed by atoms with van der Waals surface area (Å²) < 4.78 is 26.6. The summed E-state index contributed by atoms with van der Waals surface area (Å²) >= 11 is 0. The van der Waals surface area contributed by atoms with E-state index in [0.717, 1.165) is 42.6 Å². The molecule has 0 aliphatic heterocycles. The van der Waals surface area contributed by atoms with Crippen molar-refractivity contribution in [1.29, 1.82) is 0 Å². The van der Waals surface area contributed by atoms with Crippen LogP contribution in [0.25, 0.3) is 0 Å². The second kappa shape index (κ2) is 9.67. The summed E-state index contributed by atoms with van der Waals surface area (Å²) in [6.45, 7) is 2.21. The summed E-state index contributed by atoms with van der Waals surface area (Å²) in [4.78, 5) is 0. The van der Waals surface area contributed by atoms with Gasteiger partial charge in [-0.25, -0.2) is 8.78 Å². The van der Waals surface area contributed by atoms with E-state index in [4.69, 9.17) is 0 Å². The van der Waals surface area contributed by atoms with E-state index in [1.165, 1.54) is 63.5 Å². The molecule has 2 heteroatoms. The molecule has 0 nitrogen and oxygen atoms in total. The molecule has 0 atom stereocenters. The van der Waals surface area contributed by atoms with Gasteiger partial charge < -0.3 is 0 Å². The van der Waals surface area contributed by atoms with Gasteiger partial charge in [0.05, 0.1) is 0 Å². The summed E-state index contributed by atoms with van der Waals surface area (Å²) in [5.74, 6) is 1.59. The van der Waals surface area contributed by atoms with Gasteiger partial charge in [0.25, 0.3) is 0 Å². The maximum atomic E-state index is 13.5. The molecule has 1 aromatic rings. The zero-order valence-corrected chi connectivity index (χ0v) is 16.2. The zero-order chi connectivity index (χ0) is 18.4. The molecule has 1 aromatic carbocycles. The smallest absolute Gasteiger partial charge is 0.159 e. The van der Waals surface area contributed by atoms with Gasteiger partial charge in [-0.2, -0.15) is 0 Å². The van der Waals surface area contributed by atoms with Crippen molar-refractivity contribution in [1.82, 2.24) is 0 Å². The monoisotopic (exact) mass is 360 g/mol. The summed E-state index contributed by atoms with van der Waals surface area (Å²) in [7, 11) is 0. The van der Waals surface area contributed by atoms with Gasteiger partial charge in [-0.1, -0.05) is 38.0 Å².